The monoisotopic (exact) mass is 175 g/mol. The molecular formula is C13H19. The summed E-state index contributed by atoms with van der Waals surface area (Å²) in [4.78, 5) is 0. The fourth-order valence-corrected chi connectivity index (χ4v) is 1.39. The van der Waals surface area contributed by atoms with Crippen molar-refractivity contribution in [2.75, 3.05) is 0 Å². The summed E-state index contributed by atoms with van der Waals surface area (Å²) in [7, 11) is 0. The van der Waals surface area contributed by atoms with Gasteiger partial charge in [-0.3, -0.25) is 0 Å². The average Bonchev–Trinajstić information content (AvgIpc) is 2.18. The highest BCUT2D eigenvalue weighted by molar-refractivity contribution is 4.99. The van der Waals surface area contributed by atoms with E-state index in [0.717, 1.165) is 6.42 Å². The standard InChI is InChI=1S/C13H19/c1-2-4-6-8-10-12-13-11-9-7-5-3-1/h1-3,10,12H,4,6-9,11,13H2. The number of rotatable bonds is 0. The molecule has 0 heteroatoms. The largest absolute Gasteiger partial charge is 0.0885 e. The lowest BCUT2D eigenvalue weighted by Crippen LogP contribution is -1.72. The summed E-state index contributed by atoms with van der Waals surface area (Å²) in [6.45, 7) is 0. The summed E-state index contributed by atoms with van der Waals surface area (Å²) in [6, 6.07) is 0. The van der Waals surface area contributed by atoms with E-state index in [1.54, 1.807) is 0 Å². The first-order valence-electron chi connectivity index (χ1n) is 5.37. The molecule has 0 saturated carbocycles. The molecular weight excluding hydrogens is 156 g/mol. The normalized spacial score (nSPS) is 20.3. The van der Waals surface area contributed by atoms with Crippen LogP contribution in [-0.4, -0.2) is 0 Å². The van der Waals surface area contributed by atoms with Crippen LogP contribution in [0.3, 0.4) is 0 Å². The van der Waals surface area contributed by atoms with Gasteiger partial charge in [0, 0.05) is 0 Å². The van der Waals surface area contributed by atoms with Crippen molar-refractivity contribution in [1.29, 1.82) is 0 Å². The molecule has 1 rings (SSSR count). The van der Waals surface area contributed by atoms with Crippen molar-refractivity contribution in [2.24, 2.45) is 0 Å². The predicted molar refractivity (Wildman–Crippen MR) is 58.4 cm³/mol. The number of hydrogen-bond donors (Lipinski definition) is 0. The number of allylic oxidation sites excluding steroid dienone is 6. The fourth-order valence-electron chi connectivity index (χ4n) is 1.39. The Morgan fingerprint density at radius 3 is 2.46 bits per heavy atom. The molecule has 0 aliphatic heterocycles. The highest BCUT2D eigenvalue weighted by Gasteiger charge is 1.85. The SMILES string of the molecule is [C]1=CC=CCCCC=CCCCC1. The van der Waals surface area contributed by atoms with Crippen molar-refractivity contribution >= 4 is 0 Å². The molecule has 0 bridgehead atoms. The van der Waals surface area contributed by atoms with Gasteiger partial charge >= 0.3 is 0 Å². The lowest BCUT2D eigenvalue weighted by atomic mass is 10.1. The molecule has 0 nitrogen and oxygen atoms in total. The van der Waals surface area contributed by atoms with Crippen LogP contribution in [0.5, 0.6) is 0 Å². The predicted octanol–water partition coefficient (Wildman–Crippen LogP) is 4.20. The summed E-state index contributed by atoms with van der Waals surface area (Å²) in [5.41, 5.74) is 0. The minimum atomic E-state index is 1.11. The van der Waals surface area contributed by atoms with Crippen molar-refractivity contribution in [3.63, 3.8) is 0 Å². The summed E-state index contributed by atoms with van der Waals surface area (Å²) in [5.74, 6) is 0. The first-order valence-corrected chi connectivity index (χ1v) is 5.37. The van der Waals surface area contributed by atoms with Crippen molar-refractivity contribution in [3.8, 4) is 0 Å². The van der Waals surface area contributed by atoms with Crippen LogP contribution in [0, 0.1) is 6.08 Å². The Kier molecular flexibility index (Phi) is 6.22. The second kappa shape index (κ2) is 7.85. The van der Waals surface area contributed by atoms with Gasteiger partial charge in [-0.25, -0.2) is 0 Å². The highest BCUT2D eigenvalue weighted by Crippen LogP contribution is 2.05. The third kappa shape index (κ3) is 6.39. The van der Waals surface area contributed by atoms with E-state index in [9.17, 15) is 0 Å². The Hall–Kier alpha value is -0.780. The van der Waals surface area contributed by atoms with Gasteiger partial charge in [0.05, 0.1) is 0 Å². The molecule has 0 aromatic rings. The van der Waals surface area contributed by atoms with Gasteiger partial charge in [-0.05, 0) is 51.0 Å². The fraction of sp³-hybridized carbons (Fsp3) is 0.538. The molecule has 0 fully saturated rings. The van der Waals surface area contributed by atoms with Crippen LogP contribution in [0.1, 0.15) is 44.9 Å². The second-order valence-corrected chi connectivity index (χ2v) is 3.45. The maximum absolute atomic E-state index is 3.29. The van der Waals surface area contributed by atoms with Crippen LogP contribution >= 0.6 is 0 Å². The molecule has 1 aliphatic rings. The van der Waals surface area contributed by atoms with E-state index in [0.29, 0.717) is 0 Å². The van der Waals surface area contributed by atoms with Gasteiger partial charge in [-0.2, -0.15) is 0 Å². The molecule has 0 aromatic carbocycles. The van der Waals surface area contributed by atoms with Gasteiger partial charge < -0.3 is 0 Å². The first-order chi connectivity index (χ1) is 6.50. The Balaban J connectivity index is 2.28. The van der Waals surface area contributed by atoms with E-state index in [-0.39, 0.29) is 0 Å². The minimum Gasteiger partial charge on any atom is -0.0885 e. The molecule has 0 amide bonds. The average molecular weight is 175 g/mol. The van der Waals surface area contributed by atoms with Gasteiger partial charge in [-0.1, -0.05) is 30.4 Å². The van der Waals surface area contributed by atoms with Crippen molar-refractivity contribution in [2.45, 2.75) is 44.9 Å². The molecule has 0 atom stereocenters. The van der Waals surface area contributed by atoms with Crippen molar-refractivity contribution < 1.29 is 0 Å². The van der Waals surface area contributed by atoms with Crippen LogP contribution in [0.15, 0.2) is 30.4 Å². The van der Waals surface area contributed by atoms with E-state index < -0.39 is 0 Å². The lowest BCUT2D eigenvalue weighted by molar-refractivity contribution is 0.751. The van der Waals surface area contributed by atoms with Crippen LogP contribution in [0.4, 0.5) is 0 Å². The Bertz CT molecular complexity index is 184. The molecule has 0 spiro atoms. The zero-order chi connectivity index (χ0) is 9.19. The molecule has 0 saturated heterocycles. The van der Waals surface area contributed by atoms with E-state index in [2.05, 4.69) is 36.5 Å². The zero-order valence-corrected chi connectivity index (χ0v) is 8.34. The summed E-state index contributed by atoms with van der Waals surface area (Å²) in [6.07, 6.45) is 23.0. The molecule has 1 radical (unpaired) electrons. The van der Waals surface area contributed by atoms with Gasteiger partial charge in [0.15, 0.2) is 0 Å². The van der Waals surface area contributed by atoms with Crippen LogP contribution in [-0.2, 0) is 0 Å². The van der Waals surface area contributed by atoms with Gasteiger partial charge in [0.1, 0.15) is 0 Å². The quantitative estimate of drug-likeness (QED) is 0.484. The maximum atomic E-state index is 3.29. The van der Waals surface area contributed by atoms with Crippen LogP contribution < -0.4 is 0 Å². The highest BCUT2D eigenvalue weighted by atomic mass is 13.9. The Morgan fingerprint density at radius 1 is 0.769 bits per heavy atom. The summed E-state index contributed by atoms with van der Waals surface area (Å²) >= 11 is 0. The molecule has 0 aromatic heterocycles. The second-order valence-electron chi connectivity index (χ2n) is 3.45. The van der Waals surface area contributed by atoms with Crippen molar-refractivity contribution in [1.82, 2.24) is 0 Å². The lowest BCUT2D eigenvalue weighted by Gasteiger charge is -1.92. The minimum absolute atomic E-state index is 1.11. The molecule has 13 heavy (non-hydrogen) atoms. The topological polar surface area (TPSA) is 0 Å². The molecule has 0 unspecified atom stereocenters. The maximum Gasteiger partial charge on any atom is -0.0276 e. The van der Waals surface area contributed by atoms with Crippen LogP contribution in [0.2, 0.25) is 0 Å². The van der Waals surface area contributed by atoms with Gasteiger partial charge in [0.2, 0.25) is 0 Å². The third-order valence-electron chi connectivity index (χ3n) is 2.20. The number of hydrogen-bond acceptors (Lipinski definition) is 0. The van der Waals surface area contributed by atoms with Gasteiger partial charge in [0.25, 0.3) is 0 Å². The Morgan fingerprint density at radius 2 is 1.54 bits per heavy atom. The van der Waals surface area contributed by atoms with E-state index >= 15 is 0 Å². The third-order valence-corrected chi connectivity index (χ3v) is 2.20. The van der Waals surface area contributed by atoms with E-state index in [1.807, 2.05) is 0 Å². The summed E-state index contributed by atoms with van der Waals surface area (Å²) in [5, 5.41) is 0. The van der Waals surface area contributed by atoms with E-state index in [4.69, 9.17) is 0 Å². The molecule has 71 valence electrons. The van der Waals surface area contributed by atoms with Crippen LogP contribution in [0.25, 0.3) is 0 Å². The molecule has 0 N–H and O–H groups in total. The molecule has 1 aliphatic carbocycles. The van der Waals surface area contributed by atoms with Gasteiger partial charge in [-0.15, -0.1) is 0 Å². The van der Waals surface area contributed by atoms with E-state index in [1.165, 1.54) is 38.5 Å². The zero-order valence-electron chi connectivity index (χ0n) is 8.34. The smallest absolute Gasteiger partial charge is 0.0276 e. The Labute approximate surface area is 82.0 Å². The first kappa shape index (κ1) is 10.3. The van der Waals surface area contributed by atoms with Crippen molar-refractivity contribution in [3.05, 3.63) is 36.5 Å². The summed E-state index contributed by atoms with van der Waals surface area (Å²) < 4.78 is 0. The molecule has 0 heterocycles.